The van der Waals surface area contributed by atoms with Gasteiger partial charge in [-0.3, -0.25) is 9.97 Å². The molecule has 0 aliphatic rings. The summed E-state index contributed by atoms with van der Waals surface area (Å²) in [6.07, 6.45) is 1.81. The first-order chi connectivity index (χ1) is 8.04. The summed E-state index contributed by atoms with van der Waals surface area (Å²) in [5.74, 6) is 0. The highest BCUT2D eigenvalue weighted by molar-refractivity contribution is 6.75. The van der Waals surface area contributed by atoms with Crippen LogP contribution in [-0.2, 0) is 6.04 Å². The van der Waals surface area contributed by atoms with E-state index in [9.17, 15) is 0 Å². The third-order valence-electron chi connectivity index (χ3n) is 2.45. The van der Waals surface area contributed by atoms with E-state index in [1.165, 1.54) is 5.69 Å². The van der Waals surface area contributed by atoms with E-state index in [1.54, 1.807) is 0 Å². The van der Waals surface area contributed by atoms with Crippen molar-refractivity contribution in [1.29, 1.82) is 0 Å². The summed E-state index contributed by atoms with van der Waals surface area (Å²) in [6.45, 7) is 7.09. The van der Waals surface area contributed by atoms with E-state index in [0.717, 1.165) is 17.4 Å². The van der Waals surface area contributed by atoms with E-state index in [2.05, 4.69) is 36.8 Å². The van der Waals surface area contributed by atoms with Gasteiger partial charge in [0.05, 0.1) is 19.5 Å². The van der Waals surface area contributed by atoms with Crippen LogP contribution in [0.5, 0.6) is 0 Å². The van der Waals surface area contributed by atoms with Crippen molar-refractivity contribution in [2.45, 2.75) is 25.7 Å². The normalized spacial score (nSPS) is 11.5. The molecular weight excluding hydrogens is 224 g/mol. The number of hydrogen-bond acceptors (Lipinski definition) is 2. The van der Waals surface area contributed by atoms with Crippen molar-refractivity contribution in [2.75, 3.05) is 0 Å². The Morgan fingerprint density at radius 1 is 0.941 bits per heavy atom. The SMILES string of the molecule is C[Si](C)(C)Cc1cccc(-c2ccccn2)n1. The number of rotatable bonds is 3. The summed E-state index contributed by atoms with van der Waals surface area (Å²) in [5.41, 5.74) is 3.11. The Balaban J connectivity index is 2.29. The molecule has 0 amide bonds. The van der Waals surface area contributed by atoms with Crippen LogP contribution in [0.15, 0.2) is 42.6 Å². The first-order valence-corrected chi connectivity index (χ1v) is 9.63. The molecule has 0 fully saturated rings. The quantitative estimate of drug-likeness (QED) is 0.769. The second-order valence-corrected chi connectivity index (χ2v) is 10.9. The van der Waals surface area contributed by atoms with Gasteiger partial charge in [-0.2, -0.15) is 0 Å². The maximum atomic E-state index is 4.70. The molecule has 2 aromatic heterocycles. The van der Waals surface area contributed by atoms with Crippen molar-refractivity contribution in [2.24, 2.45) is 0 Å². The van der Waals surface area contributed by atoms with Gasteiger partial charge >= 0.3 is 0 Å². The van der Waals surface area contributed by atoms with Crippen molar-refractivity contribution in [3.05, 3.63) is 48.3 Å². The Bertz CT molecular complexity index is 489. The predicted octanol–water partition coefficient (Wildman–Crippen LogP) is 3.56. The second-order valence-electron chi connectivity index (χ2n) is 5.47. The Morgan fingerprint density at radius 3 is 2.35 bits per heavy atom. The van der Waals surface area contributed by atoms with Crippen molar-refractivity contribution in [3.63, 3.8) is 0 Å². The molecule has 88 valence electrons. The third kappa shape index (κ3) is 3.49. The maximum Gasteiger partial charge on any atom is 0.0889 e. The van der Waals surface area contributed by atoms with Gasteiger partial charge in [0.15, 0.2) is 0 Å². The number of aromatic nitrogens is 2. The first-order valence-electron chi connectivity index (χ1n) is 5.92. The number of pyridine rings is 2. The van der Waals surface area contributed by atoms with Gasteiger partial charge < -0.3 is 0 Å². The number of hydrogen-bond donors (Lipinski definition) is 0. The topological polar surface area (TPSA) is 25.8 Å². The molecule has 0 unspecified atom stereocenters. The molecule has 0 N–H and O–H groups in total. The minimum Gasteiger partial charge on any atom is -0.255 e. The average Bonchev–Trinajstić information content (AvgIpc) is 2.28. The molecule has 0 saturated heterocycles. The lowest BCUT2D eigenvalue weighted by atomic mass is 10.2. The van der Waals surface area contributed by atoms with E-state index in [1.807, 2.05) is 30.5 Å². The molecule has 2 nitrogen and oxygen atoms in total. The summed E-state index contributed by atoms with van der Waals surface area (Å²) in [4.78, 5) is 9.04. The molecule has 17 heavy (non-hydrogen) atoms. The van der Waals surface area contributed by atoms with E-state index in [-0.39, 0.29) is 0 Å². The molecule has 0 radical (unpaired) electrons. The highest BCUT2D eigenvalue weighted by atomic mass is 28.3. The molecule has 2 heterocycles. The molecular formula is C14H18N2Si. The van der Waals surface area contributed by atoms with Crippen LogP contribution in [0, 0.1) is 0 Å². The zero-order valence-electron chi connectivity index (χ0n) is 10.6. The van der Waals surface area contributed by atoms with E-state index in [4.69, 9.17) is 4.98 Å². The fourth-order valence-electron chi connectivity index (χ4n) is 1.78. The van der Waals surface area contributed by atoms with Gasteiger partial charge in [-0.25, -0.2) is 0 Å². The predicted molar refractivity (Wildman–Crippen MR) is 74.5 cm³/mol. The standard InChI is InChI=1S/C14H18N2Si/c1-17(2,3)11-12-7-6-9-14(16-12)13-8-4-5-10-15-13/h4-10H,11H2,1-3H3. The lowest BCUT2D eigenvalue weighted by molar-refractivity contribution is 1.13. The second kappa shape index (κ2) is 4.80. The minimum absolute atomic E-state index is 0.949. The Morgan fingerprint density at radius 2 is 1.71 bits per heavy atom. The Hall–Kier alpha value is -1.48. The van der Waals surface area contributed by atoms with Gasteiger partial charge in [0.1, 0.15) is 0 Å². The van der Waals surface area contributed by atoms with Crippen LogP contribution in [-0.4, -0.2) is 18.0 Å². The van der Waals surface area contributed by atoms with Crippen LogP contribution < -0.4 is 0 Å². The molecule has 0 aliphatic heterocycles. The van der Waals surface area contributed by atoms with Crippen LogP contribution >= 0.6 is 0 Å². The van der Waals surface area contributed by atoms with Gasteiger partial charge in [-0.05, 0) is 30.3 Å². The van der Waals surface area contributed by atoms with Crippen molar-refractivity contribution < 1.29 is 0 Å². The smallest absolute Gasteiger partial charge is 0.0889 e. The van der Waals surface area contributed by atoms with Gasteiger partial charge in [-0.15, -0.1) is 0 Å². The highest BCUT2D eigenvalue weighted by Gasteiger charge is 2.15. The first kappa shape index (κ1) is 12.0. The lowest BCUT2D eigenvalue weighted by Gasteiger charge is -2.15. The third-order valence-corrected chi connectivity index (χ3v) is 3.87. The fraction of sp³-hybridized carbons (Fsp3) is 0.286. The monoisotopic (exact) mass is 242 g/mol. The fourth-order valence-corrected chi connectivity index (χ4v) is 3.06. The van der Waals surface area contributed by atoms with Crippen LogP contribution in [0.1, 0.15) is 5.69 Å². The van der Waals surface area contributed by atoms with E-state index in [0.29, 0.717) is 0 Å². The molecule has 0 aliphatic carbocycles. The van der Waals surface area contributed by atoms with Gasteiger partial charge in [-0.1, -0.05) is 31.8 Å². The largest absolute Gasteiger partial charge is 0.255 e. The molecule has 0 atom stereocenters. The number of nitrogens with zero attached hydrogens (tertiary/aromatic N) is 2. The van der Waals surface area contributed by atoms with Crippen LogP contribution in [0.25, 0.3) is 11.4 Å². The van der Waals surface area contributed by atoms with Gasteiger partial charge in [0.25, 0.3) is 0 Å². The van der Waals surface area contributed by atoms with E-state index >= 15 is 0 Å². The molecule has 2 rings (SSSR count). The average molecular weight is 242 g/mol. The molecule has 0 saturated carbocycles. The van der Waals surface area contributed by atoms with Crippen LogP contribution in [0.4, 0.5) is 0 Å². The summed E-state index contributed by atoms with van der Waals surface area (Å²) in [5, 5.41) is 0. The Kier molecular flexibility index (Phi) is 3.38. The van der Waals surface area contributed by atoms with Crippen molar-refractivity contribution in [3.8, 4) is 11.4 Å². The molecule has 0 bridgehead atoms. The summed E-state index contributed by atoms with van der Waals surface area (Å²) >= 11 is 0. The summed E-state index contributed by atoms with van der Waals surface area (Å²) in [6, 6.07) is 13.3. The molecule has 0 spiro atoms. The van der Waals surface area contributed by atoms with Gasteiger partial charge in [0.2, 0.25) is 0 Å². The van der Waals surface area contributed by atoms with Crippen molar-refractivity contribution in [1.82, 2.24) is 9.97 Å². The highest BCUT2D eigenvalue weighted by Crippen LogP contribution is 2.16. The van der Waals surface area contributed by atoms with Crippen LogP contribution in [0.3, 0.4) is 0 Å². The summed E-state index contributed by atoms with van der Waals surface area (Å²) in [7, 11) is -1.10. The zero-order valence-corrected chi connectivity index (χ0v) is 11.6. The summed E-state index contributed by atoms with van der Waals surface area (Å²) < 4.78 is 0. The van der Waals surface area contributed by atoms with Crippen molar-refractivity contribution >= 4 is 8.07 Å². The molecule has 0 aromatic carbocycles. The zero-order chi connectivity index (χ0) is 12.3. The Labute approximate surface area is 104 Å². The molecule has 3 heteroatoms. The van der Waals surface area contributed by atoms with Gasteiger partial charge in [0, 0.05) is 11.9 Å². The van der Waals surface area contributed by atoms with E-state index < -0.39 is 8.07 Å². The van der Waals surface area contributed by atoms with Crippen LogP contribution in [0.2, 0.25) is 19.6 Å². The lowest BCUT2D eigenvalue weighted by Crippen LogP contribution is -2.24. The molecule has 2 aromatic rings. The minimum atomic E-state index is -1.10. The maximum absolute atomic E-state index is 4.70.